The van der Waals surface area contributed by atoms with Gasteiger partial charge in [-0.1, -0.05) is 0 Å². The first-order valence-corrected chi connectivity index (χ1v) is 6.97. The first-order valence-electron chi connectivity index (χ1n) is 6.97. The normalized spacial score (nSPS) is 15.1. The van der Waals surface area contributed by atoms with Gasteiger partial charge in [-0.05, 0) is 0 Å². The van der Waals surface area contributed by atoms with E-state index in [2.05, 4.69) is 0 Å². The van der Waals surface area contributed by atoms with Gasteiger partial charge < -0.3 is 0 Å². The van der Waals surface area contributed by atoms with Gasteiger partial charge in [0, 0.05) is 0 Å². The molecule has 0 unspecified atom stereocenters. The topological polar surface area (TPSA) is 58.9 Å². The summed E-state index contributed by atoms with van der Waals surface area (Å²) in [6, 6.07) is 0. The molecule has 0 aliphatic rings. The maximum Gasteiger partial charge on any atom is 0.384 e. The van der Waals surface area contributed by atoms with Gasteiger partial charge in [0.25, 0.3) is 0 Å². The van der Waals surface area contributed by atoms with Crippen molar-refractivity contribution >= 4 is 12.2 Å². The van der Waals surface area contributed by atoms with Gasteiger partial charge in [0.15, 0.2) is 0 Å². The van der Waals surface area contributed by atoms with Crippen LogP contribution in [0.3, 0.4) is 0 Å². The minimum absolute atomic E-state index is 0.0362. The maximum absolute atomic E-state index is 13.4. The van der Waals surface area contributed by atoms with Crippen molar-refractivity contribution in [2.45, 2.75) is 47.4 Å². The largest absolute Gasteiger partial charge is 0.384 e. The van der Waals surface area contributed by atoms with Gasteiger partial charge in [-0.3, -0.25) is 0 Å². The van der Waals surface area contributed by atoms with Gasteiger partial charge in [0.05, 0.1) is 0 Å². The third-order valence-corrected chi connectivity index (χ3v) is 3.57. The number of hydrogen-bond donors (Lipinski definition) is 0. The summed E-state index contributed by atoms with van der Waals surface area (Å²) in [4.78, 5) is 22.4. The lowest BCUT2D eigenvalue weighted by atomic mass is 9.87. The van der Waals surface area contributed by atoms with Crippen LogP contribution in [-0.4, -0.2) is 72.6 Å². The average Bonchev–Trinajstić information content (AvgIpc) is 2.63. The summed E-state index contributed by atoms with van der Waals surface area (Å²) >= 11 is 0. The molecule has 0 saturated heterocycles. The van der Waals surface area contributed by atoms with Crippen molar-refractivity contribution in [3.8, 4) is 0 Å². The molecule has 32 heavy (non-hydrogen) atoms. The van der Waals surface area contributed by atoms with Crippen LogP contribution in [0.1, 0.15) is 0 Å². The van der Waals surface area contributed by atoms with Crippen LogP contribution in [0.5, 0.6) is 0 Å². The molecule has 0 saturated carbocycles. The molecule has 0 aromatic heterocycles. The Morgan fingerprint density at radius 3 is 0.781 bits per heavy atom. The van der Waals surface area contributed by atoms with Gasteiger partial charge in [0.1, 0.15) is 13.1 Å². The van der Waals surface area contributed by atoms with E-state index in [0.29, 0.717) is 0 Å². The van der Waals surface area contributed by atoms with Gasteiger partial charge in [-0.25, -0.2) is 9.59 Å². The Morgan fingerprint density at radius 2 is 0.594 bits per heavy atom. The first-order chi connectivity index (χ1) is 13.9. The number of carbonyl (C=O) groups excluding carboxylic acids is 2. The Balaban J connectivity index is 6.76. The Bertz CT molecular complexity index is 729. The number of hydrogen-bond acceptors (Lipinski definition) is 4. The van der Waals surface area contributed by atoms with Crippen LogP contribution in [0.4, 0.5) is 70.2 Å². The lowest BCUT2D eigenvalue weighted by molar-refractivity contribution is -0.451. The molecular weight excluding hydrogens is 508 g/mol. The molecule has 0 aliphatic carbocycles. The predicted molar refractivity (Wildman–Crippen MR) is 65.6 cm³/mol. The smallest absolute Gasteiger partial charge is 0.211 e. The molecule has 0 heterocycles. The van der Waals surface area contributed by atoms with Crippen LogP contribution < -0.4 is 0 Å². The summed E-state index contributed by atoms with van der Waals surface area (Å²) in [6.07, 6.45) is 0.0725. The molecular formula is C12H4F16N2O2. The van der Waals surface area contributed by atoms with E-state index in [1.165, 1.54) is 0 Å². The van der Waals surface area contributed by atoms with Crippen LogP contribution in [0, 0.1) is 0 Å². The van der Waals surface area contributed by atoms with E-state index in [4.69, 9.17) is 0 Å². The summed E-state index contributed by atoms with van der Waals surface area (Å²) in [5, 5.41) is 0. The van der Waals surface area contributed by atoms with Gasteiger partial charge in [-0.2, -0.15) is 80.2 Å². The van der Waals surface area contributed by atoms with Crippen molar-refractivity contribution in [2.75, 3.05) is 13.1 Å². The lowest BCUT2D eigenvalue weighted by Crippen LogP contribution is -2.75. The Kier molecular flexibility index (Phi) is 7.60. The van der Waals surface area contributed by atoms with Crippen LogP contribution in [0.15, 0.2) is 9.98 Å². The SMILES string of the molecule is O=C=NCC(F)(F)C(F)(F)C(F)(F)C(F)(F)C(F)(F)C(F)(F)C(F)(F)C(F)(F)CN=C=O. The van der Waals surface area contributed by atoms with Crippen molar-refractivity contribution in [3.63, 3.8) is 0 Å². The zero-order valence-corrected chi connectivity index (χ0v) is 14.2. The molecule has 0 bridgehead atoms. The summed E-state index contributed by atoms with van der Waals surface area (Å²) in [7, 11) is 0. The summed E-state index contributed by atoms with van der Waals surface area (Å²) in [6.45, 7) is -6.29. The van der Waals surface area contributed by atoms with Gasteiger partial charge in [0.2, 0.25) is 12.2 Å². The first kappa shape index (κ1) is 29.6. The van der Waals surface area contributed by atoms with Crippen LogP contribution >= 0.6 is 0 Å². The van der Waals surface area contributed by atoms with Crippen molar-refractivity contribution in [1.29, 1.82) is 0 Å². The fourth-order valence-electron chi connectivity index (χ4n) is 1.71. The highest BCUT2D eigenvalue weighted by Crippen LogP contribution is 2.63. The van der Waals surface area contributed by atoms with E-state index in [1.54, 1.807) is 9.98 Å². The highest BCUT2D eigenvalue weighted by Gasteiger charge is 2.94. The molecule has 0 aromatic carbocycles. The minimum atomic E-state index is -8.57. The lowest BCUT2D eigenvalue weighted by Gasteiger charge is -2.43. The van der Waals surface area contributed by atoms with Crippen molar-refractivity contribution < 1.29 is 79.8 Å². The second kappa shape index (κ2) is 8.20. The zero-order valence-electron chi connectivity index (χ0n) is 14.2. The van der Waals surface area contributed by atoms with E-state index in [1.807, 2.05) is 0 Å². The van der Waals surface area contributed by atoms with E-state index in [0.717, 1.165) is 0 Å². The number of isocyanates is 2. The molecule has 4 nitrogen and oxygen atoms in total. The van der Waals surface area contributed by atoms with Gasteiger partial charge >= 0.3 is 47.4 Å². The molecule has 0 rings (SSSR count). The van der Waals surface area contributed by atoms with Crippen LogP contribution in [0.25, 0.3) is 0 Å². The third kappa shape index (κ3) is 3.93. The van der Waals surface area contributed by atoms with E-state index >= 15 is 0 Å². The van der Waals surface area contributed by atoms with Crippen LogP contribution in [-0.2, 0) is 9.59 Å². The number of aliphatic imine (C=N–C) groups is 2. The molecule has 0 N–H and O–H groups in total. The predicted octanol–water partition coefficient (Wildman–Crippen LogP) is 4.74. The van der Waals surface area contributed by atoms with Crippen molar-refractivity contribution in [1.82, 2.24) is 0 Å². The fraction of sp³-hybridized carbons (Fsp3) is 0.833. The van der Waals surface area contributed by atoms with Crippen molar-refractivity contribution in [3.05, 3.63) is 0 Å². The van der Waals surface area contributed by atoms with Gasteiger partial charge in [-0.15, -0.1) is 0 Å². The zero-order chi connectivity index (χ0) is 26.2. The molecule has 0 amide bonds. The molecule has 0 fully saturated rings. The Labute approximate surface area is 164 Å². The molecule has 0 aromatic rings. The Hall–Kier alpha value is -2.36. The number of nitrogens with zero attached hydrogens (tertiary/aromatic N) is 2. The standard InChI is InChI=1S/C12H4F16N2O2/c13-5(14,1-29-3-31)7(17,18)9(21,22)11(25,26)12(27,28)10(23,24)8(19,20)6(15,16)2-30-4-32/h1-2H2. The average molecular weight is 512 g/mol. The molecule has 20 heteroatoms. The molecule has 186 valence electrons. The molecule has 0 atom stereocenters. The summed E-state index contributed by atoms with van der Waals surface area (Å²) in [5.74, 6) is -62.8. The summed E-state index contributed by atoms with van der Waals surface area (Å²) in [5.41, 5.74) is 0. The fourth-order valence-corrected chi connectivity index (χ4v) is 1.71. The number of alkyl halides is 16. The monoisotopic (exact) mass is 512 g/mol. The molecule has 0 aliphatic heterocycles. The second-order valence-corrected chi connectivity index (χ2v) is 5.67. The highest BCUT2D eigenvalue weighted by atomic mass is 19.4. The van der Waals surface area contributed by atoms with Crippen molar-refractivity contribution in [2.24, 2.45) is 9.98 Å². The van der Waals surface area contributed by atoms with E-state index < -0.39 is 60.5 Å². The van der Waals surface area contributed by atoms with Crippen LogP contribution in [0.2, 0.25) is 0 Å². The molecule has 0 spiro atoms. The second-order valence-electron chi connectivity index (χ2n) is 5.67. The van der Waals surface area contributed by atoms with E-state index in [9.17, 15) is 79.8 Å². The highest BCUT2D eigenvalue weighted by molar-refractivity contribution is 5.33. The minimum Gasteiger partial charge on any atom is -0.211 e. The third-order valence-electron chi connectivity index (χ3n) is 3.57. The maximum atomic E-state index is 13.4. The number of halogens is 16. The Morgan fingerprint density at radius 1 is 0.406 bits per heavy atom. The summed E-state index contributed by atoms with van der Waals surface area (Å²) < 4.78 is 213. The molecule has 0 radical (unpaired) electrons. The number of rotatable bonds is 11. The van der Waals surface area contributed by atoms with E-state index in [-0.39, 0.29) is 12.2 Å². The quantitative estimate of drug-likeness (QED) is 0.228.